The van der Waals surface area contributed by atoms with E-state index >= 15 is 0 Å². The lowest BCUT2D eigenvalue weighted by atomic mass is 10.1. The van der Waals surface area contributed by atoms with Gasteiger partial charge in [-0.15, -0.1) is 0 Å². The molecule has 2 aromatic carbocycles. The van der Waals surface area contributed by atoms with Crippen LogP contribution in [0, 0.1) is 0 Å². The lowest BCUT2D eigenvalue weighted by molar-refractivity contribution is -0.116. The number of nitrogens with zero attached hydrogens (tertiary/aromatic N) is 4. The third-order valence-corrected chi connectivity index (χ3v) is 5.50. The SMILES string of the molecule is O=C(Cn1cnc2c(oc3ccccc32)c1=O)Nc1c(-c2ccccc2)nc2ccccn12. The van der Waals surface area contributed by atoms with E-state index in [1.807, 2.05) is 77.3 Å². The molecule has 0 saturated heterocycles. The van der Waals surface area contributed by atoms with Crippen molar-refractivity contribution in [3.8, 4) is 11.3 Å². The van der Waals surface area contributed by atoms with E-state index in [0.717, 1.165) is 10.9 Å². The number of imidazole rings is 1. The molecule has 4 heterocycles. The summed E-state index contributed by atoms with van der Waals surface area (Å²) >= 11 is 0. The number of fused-ring (bicyclic) bond motifs is 4. The summed E-state index contributed by atoms with van der Waals surface area (Å²) in [7, 11) is 0. The molecule has 0 aliphatic rings. The first-order valence-corrected chi connectivity index (χ1v) is 10.4. The highest BCUT2D eigenvalue weighted by Gasteiger charge is 2.18. The average molecular weight is 435 g/mol. The molecule has 8 nitrogen and oxygen atoms in total. The molecule has 0 bridgehead atoms. The van der Waals surface area contributed by atoms with Crippen LogP contribution in [-0.2, 0) is 11.3 Å². The van der Waals surface area contributed by atoms with Gasteiger partial charge in [0.2, 0.25) is 11.5 Å². The number of hydrogen-bond acceptors (Lipinski definition) is 5. The molecule has 8 heteroatoms. The second kappa shape index (κ2) is 7.45. The summed E-state index contributed by atoms with van der Waals surface area (Å²) in [5.74, 6) is 0.157. The van der Waals surface area contributed by atoms with E-state index in [1.54, 1.807) is 6.07 Å². The number of carbonyl (C=O) groups is 1. The van der Waals surface area contributed by atoms with Crippen molar-refractivity contribution in [1.82, 2.24) is 18.9 Å². The number of furan rings is 1. The minimum Gasteiger partial charge on any atom is -0.448 e. The van der Waals surface area contributed by atoms with Gasteiger partial charge in [-0.1, -0.05) is 48.5 Å². The third-order valence-electron chi connectivity index (χ3n) is 5.50. The highest BCUT2D eigenvalue weighted by Crippen LogP contribution is 2.28. The fraction of sp³-hybridized carbons (Fsp3) is 0.0400. The van der Waals surface area contributed by atoms with E-state index in [1.165, 1.54) is 10.9 Å². The number of aromatic nitrogens is 4. The fourth-order valence-corrected chi connectivity index (χ4v) is 3.97. The van der Waals surface area contributed by atoms with Gasteiger partial charge < -0.3 is 9.73 Å². The molecule has 0 radical (unpaired) electrons. The zero-order chi connectivity index (χ0) is 22.4. The number of benzene rings is 2. The Kier molecular flexibility index (Phi) is 4.29. The molecule has 0 aliphatic carbocycles. The van der Waals surface area contributed by atoms with Crippen molar-refractivity contribution in [2.75, 3.05) is 5.32 Å². The first-order valence-electron chi connectivity index (χ1n) is 10.4. The van der Waals surface area contributed by atoms with Crippen LogP contribution in [0.5, 0.6) is 0 Å². The van der Waals surface area contributed by atoms with Gasteiger partial charge >= 0.3 is 0 Å². The Hall–Kier alpha value is -4.72. The molecule has 4 aromatic heterocycles. The molecule has 6 aromatic rings. The van der Waals surface area contributed by atoms with Gasteiger partial charge in [0.25, 0.3) is 5.56 Å². The van der Waals surface area contributed by atoms with Crippen molar-refractivity contribution in [2.24, 2.45) is 0 Å². The van der Waals surface area contributed by atoms with E-state index < -0.39 is 5.56 Å². The van der Waals surface area contributed by atoms with E-state index in [0.29, 0.717) is 28.3 Å². The van der Waals surface area contributed by atoms with Gasteiger partial charge in [-0.2, -0.15) is 0 Å². The number of pyridine rings is 1. The summed E-state index contributed by atoms with van der Waals surface area (Å²) in [6, 6.07) is 22.6. The van der Waals surface area contributed by atoms with Crippen molar-refractivity contribution < 1.29 is 9.21 Å². The minimum absolute atomic E-state index is 0.131. The van der Waals surface area contributed by atoms with Crippen LogP contribution in [0.4, 0.5) is 5.82 Å². The van der Waals surface area contributed by atoms with Crippen molar-refractivity contribution >= 4 is 39.4 Å². The van der Waals surface area contributed by atoms with Crippen LogP contribution in [0.1, 0.15) is 0 Å². The largest absolute Gasteiger partial charge is 0.448 e. The number of amides is 1. The molecular formula is C25H17N5O3. The molecule has 33 heavy (non-hydrogen) atoms. The molecule has 1 N–H and O–H groups in total. The molecule has 0 unspecified atom stereocenters. The van der Waals surface area contributed by atoms with Crippen LogP contribution in [0.15, 0.2) is 94.5 Å². The Morgan fingerprint density at radius 2 is 1.76 bits per heavy atom. The first-order chi connectivity index (χ1) is 16.2. The molecule has 160 valence electrons. The fourth-order valence-electron chi connectivity index (χ4n) is 3.97. The molecule has 0 spiro atoms. The molecule has 6 rings (SSSR count). The summed E-state index contributed by atoms with van der Waals surface area (Å²) in [4.78, 5) is 35.0. The first kappa shape index (κ1) is 19.0. The Morgan fingerprint density at radius 1 is 0.970 bits per heavy atom. The highest BCUT2D eigenvalue weighted by molar-refractivity contribution is 6.02. The zero-order valence-electron chi connectivity index (χ0n) is 17.3. The Balaban J connectivity index is 1.37. The molecule has 0 aliphatic heterocycles. The normalized spacial score (nSPS) is 11.4. The zero-order valence-corrected chi connectivity index (χ0v) is 17.3. The lowest BCUT2D eigenvalue weighted by Gasteiger charge is -2.09. The molecule has 0 fully saturated rings. The monoisotopic (exact) mass is 435 g/mol. The maximum atomic E-state index is 13.0. The third kappa shape index (κ3) is 3.16. The Bertz CT molecular complexity index is 1710. The summed E-state index contributed by atoms with van der Waals surface area (Å²) in [6.07, 6.45) is 3.21. The number of nitrogens with one attached hydrogen (secondary N) is 1. The van der Waals surface area contributed by atoms with E-state index in [4.69, 9.17) is 4.42 Å². The van der Waals surface area contributed by atoms with Crippen LogP contribution < -0.4 is 10.9 Å². The maximum absolute atomic E-state index is 13.0. The van der Waals surface area contributed by atoms with E-state index in [-0.39, 0.29) is 18.0 Å². The van der Waals surface area contributed by atoms with Gasteiger partial charge in [0.1, 0.15) is 34.8 Å². The van der Waals surface area contributed by atoms with Crippen LogP contribution in [0.2, 0.25) is 0 Å². The second-order valence-corrected chi connectivity index (χ2v) is 7.61. The van der Waals surface area contributed by atoms with Crippen LogP contribution in [-0.4, -0.2) is 24.8 Å². The predicted molar refractivity (Wildman–Crippen MR) is 125 cm³/mol. The molecule has 1 amide bonds. The number of hydrogen-bond donors (Lipinski definition) is 1. The van der Waals surface area contributed by atoms with Crippen molar-refractivity contribution in [3.05, 3.63) is 95.7 Å². The average Bonchev–Trinajstić information content (AvgIpc) is 3.41. The van der Waals surface area contributed by atoms with Gasteiger partial charge in [-0.25, -0.2) is 9.97 Å². The van der Waals surface area contributed by atoms with Gasteiger partial charge in [0, 0.05) is 17.1 Å². The number of carbonyl (C=O) groups excluding carboxylic acids is 1. The minimum atomic E-state index is -0.409. The summed E-state index contributed by atoms with van der Waals surface area (Å²) in [5, 5.41) is 3.69. The van der Waals surface area contributed by atoms with E-state index in [2.05, 4.69) is 15.3 Å². The molecule has 0 atom stereocenters. The number of para-hydroxylation sites is 1. The van der Waals surface area contributed by atoms with Crippen molar-refractivity contribution in [1.29, 1.82) is 0 Å². The molecule has 0 saturated carbocycles. The van der Waals surface area contributed by atoms with Crippen LogP contribution in [0.3, 0.4) is 0 Å². The maximum Gasteiger partial charge on any atom is 0.297 e. The number of anilines is 1. The van der Waals surface area contributed by atoms with Gasteiger partial charge in [-0.05, 0) is 24.3 Å². The van der Waals surface area contributed by atoms with Crippen molar-refractivity contribution in [2.45, 2.75) is 6.54 Å². The Morgan fingerprint density at radius 3 is 2.64 bits per heavy atom. The van der Waals surface area contributed by atoms with Crippen LogP contribution in [0.25, 0.3) is 39.0 Å². The van der Waals surface area contributed by atoms with Gasteiger partial charge in [0.15, 0.2) is 0 Å². The summed E-state index contributed by atoms with van der Waals surface area (Å²) in [5.41, 5.74) is 3.01. The summed E-state index contributed by atoms with van der Waals surface area (Å²) in [6.45, 7) is -0.215. The second-order valence-electron chi connectivity index (χ2n) is 7.61. The van der Waals surface area contributed by atoms with Crippen molar-refractivity contribution in [3.63, 3.8) is 0 Å². The Labute approximate surface area is 186 Å². The van der Waals surface area contributed by atoms with Gasteiger partial charge in [-0.3, -0.25) is 18.6 Å². The molecular weight excluding hydrogens is 418 g/mol. The number of rotatable bonds is 4. The lowest BCUT2D eigenvalue weighted by Crippen LogP contribution is -2.28. The van der Waals surface area contributed by atoms with Crippen LogP contribution >= 0.6 is 0 Å². The standard InChI is InChI=1S/C25H17N5O3/c31-20(14-29-15-26-22-17-10-4-5-11-18(17)33-23(22)25(29)32)28-24-21(16-8-2-1-3-9-16)27-19-12-6-7-13-30(19)24/h1-13,15H,14H2,(H,28,31). The topological polar surface area (TPSA) is 94.4 Å². The van der Waals surface area contributed by atoms with E-state index in [9.17, 15) is 9.59 Å². The smallest absolute Gasteiger partial charge is 0.297 e. The summed E-state index contributed by atoms with van der Waals surface area (Å²) < 4.78 is 8.76. The quantitative estimate of drug-likeness (QED) is 0.450. The van der Waals surface area contributed by atoms with Gasteiger partial charge in [0.05, 0.1) is 6.33 Å². The predicted octanol–water partition coefficient (Wildman–Crippen LogP) is 4.10. The highest BCUT2D eigenvalue weighted by atomic mass is 16.3.